The van der Waals surface area contributed by atoms with Gasteiger partial charge in [-0.1, -0.05) is 93.8 Å². The highest BCUT2D eigenvalue weighted by atomic mass is 31.2. The normalized spacial score (nSPS) is 24.3. The van der Waals surface area contributed by atoms with Gasteiger partial charge >= 0.3 is 0 Å². The Morgan fingerprint density at radius 2 is 1.11 bits per heavy atom. The molecule has 0 radical (unpaired) electrons. The molecule has 3 unspecified atom stereocenters. The molecule has 3 aliphatic carbocycles. The van der Waals surface area contributed by atoms with E-state index in [1.54, 1.807) is 5.58 Å². The molecule has 0 spiro atoms. The van der Waals surface area contributed by atoms with E-state index in [4.69, 9.17) is 4.99 Å². The topological polar surface area (TPSA) is 15.6 Å². The number of hydrogen-bond acceptors (Lipinski definition) is 2. The van der Waals surface area contributed by atoms with Crippen LogP contribution in [0, 0.1) is 0 Å². The molecule has 0 N–H and O–H groups in total. The van der Waals surface area contributed by atoms with Crippen LogP contribution in [0.25, 0.3) is 0 Å². The predicted octanol–water partition coefficient (Wildman–Crippen LogP) is 11.8. The van der Waals surface area contributed by atoms with Crippen molar-refractivity contribution < 1.29 is 0 Å². The minimum absolute atomic E-state index is 0.0130. The second-order valence-corrected chi connectivity index (χ2v) is 19.7. The van der Waals surface area contributed by atoms with Crippen LogP contribution in [-0.2, 0) is 0 Å². The van der Waals surface area contributed by atoms with Crippen LogP contribution in [0.3, 0.4) is 0 Å². The molecule has 4 aliphatic rings. The Hall–Kier alpha value is -1.66. The first-order valence-electron chi connectivity index (χ1n) is 18.9. The Bertz CT molecular complexity index is 1130. The molecule has 2 aromatic rings. The van der Waals surface area contributed by atoms with E-state index in [-0.39, 0.29) is 5.54 Å². The minimum Gasteiger partial charge on any atom is -0.322 e. The van der Waals surface area contributed by atoms with Crippen molar-refractivity contribution in [1.82, 2.24) is 4.90 Å². The van der Waals surface area contributed by atoms with Gasteiger partial charge in [-0.3, -0.25) is 0 Å². The third-order valence-corrected chi connectivity index (χ3v) is 19.1. The summed E-state index contributed by atoms with van der Waals surface area (Å²) in [6.45, 7) is 9.98. The largest absolute Gasteiger partial charge is 0.322 e. The smallest absolute Gasteiger partial charge is 0.249 e. The molecule has 0 bridgehead atoms. The van der Waals surface area contributed by atoms with E-state index in [2.05, 4.69) is 86.3 Å². The number of amidine groups is 1. The molecular formula is C41H62N2P+. The molecule has 3 saturated carbocycles. The first-order valence-corrected chi connectivity index (χ1v) is 20.9. The molecular weight excluding hydrogens is 551 g/mol. The van der Waals surface area contributed by atoms with Crippen LogP contribution in [0.2, 0.25) is 0 Å². The summed E-state index contributed by atoms with van der Waals surface area (Å²) in [7, 11) is -1.52. The summed E-state index contributed by atoms with van der Waals surface area (Å²) in [6, 6.07) is 22.9. The van der Waals surface area contributed by atoms with Crippen molar-refractivity contribution in [2.45, 2.75) is 164 Å². The average Bonchev–Trinajstić information content (AvgIpc) is 3.10. The maximum atomic E-state index is 5.92. The summed E-state index contributed by atoms with van der Waals surface area (Å²) in [4.78, 5) is 8.99. The molecule has 1 aliphatic heterocycles. The summed E-state index contributed by atoms with van der Waals surface area (Å²) in [6.07, 6.45) is 24.4. The molecule has 3 heteroatoms. The maximum absolute atomic E-state index is 5.92. The first kappa shape index (κ1) is 32.3. The van der Waals surface area contributed by atoms with Gasteiger partial charge < -0.3 is 4.90 Å². The first-order chi connectivity index (χ1) is 21.5. The number of rotatable bonds is 10. The fourth-order valence-electron chi connectivity index (χ4n) is 10.5. The van der Waals surface area contributed by atoms with Crippen LogP contribution in [0.5, 0.6) is 0 Å². The lowest BCUT2D eigenvalue weighted by Gasteiger charge is -2.56. The molecule has 3 fully saturated rings. The third-order valence-electron chi connectivity index (χ3n) is 12.9. The number of aliphatic imine (C=N–C) groups is 1. The number of benzene rings is 2. The molecule has 0 saturated heterocycles. The lowest BCUT2D eigenvalue weighted by atomic mass is 9.73. The van der Waals surface area contributed by atoms with Gasteiger partial charge in [0.15, 0.2) is 0 Å². The number of nitrogens with zero attached hydrogens (tertiary/aromatic N) is 2. The van der Waals surface area contributed by atoms with E-state index in [1.807, 2.05) is 0 Å². The van der Waals surface area contributed by atoms with E-state index >= 15 is 0 Å². The van der Waals surface area contributed by atoms with E-state index in [9.17, 15) is 0 Å². The summed E-state index contributed by atoms with van der Waals surface area (Å²) in [5, 5.41) is 0. The molecule has 1 heterocycles. The van der Waals surface area contributed by atoms with Gasteiger partial charge in [0.05, 0.1) is 24.2 Å². The maximum Gasteiger partial charge on any atom is 0.249 e. The third kappa shape index (κ3) is 6.46. The zero-order valence-corrected chi connectivity index (χ0v) is 29.3. The summed E-state index contributed by atoms with van der Waals surface area (Å²) in [5.41, 5.74) is 7.48. The fourth-order valence-corrected chi connectivity index (χ4v) is 18.0. The van der Waals surface area contributed by atoms with Crippen molar-refractivity contribution in [3.05, 3.63) is 71.8 Å². The number of hydrogen-bond donors (Lipinski definition) is 0. The van der Waals surface area contributed by atoms with Crippen LogP contribution in [0.15, 0.2) is 65.7 Å². The molecule has 2 nitrogen and oxygen atoms in total. The molecule has 6 rings (SSSR count). The van der Waals surface area contributed by atoms with Crippen LogP contribution >= 0.6 is 7.26 Å². The molecule has 44 heavy (non-hydrogen) atoms. The standard InChI is InChI=1S/C41H62N2P/c1-33(35-20-9-4-10-21-35)32-41(3,34(2)36-22-11-5-12-23-36)43-31-19-30-42-40(43)44(37-24-13-6-14-25-37,38-26-15-7-16-27-38)39-28-17-8-18-29-39/h4-5,9-12,20-23,33-34,37-39H,6-8,13-19,24-32H2,1-3H3/q+1. The summed E-state index contributed by atoms with van der Waals surface area (Å²) < 4.78 is 0. The molecule has 2 aromatic carbocycles. The van der Waals surface area contributed by atoms with Crippen LogP contribution in [0.4, 0.5) is 0 Å². The Morgan fingerprint density at radius 3 is 1.59 bits per heavy atom. The molecule has 3 atom stereocenters. The highest BCUT2D eigenvalue weighted by Crippen LogP contribution is 2.79. The van der Waals surface area contributed by atoms with Gasteiger partial charge in [-0.15, -0.1) is 0 Å². The second-order valence-electron chi connectivity index (χ2n) is 15.4. The second kappa shape index (κ2) is 14.8. The quantitative estimate of drug-likeness (QED) is 0.243. The summed E-state index contributed by atoms with van der Waals surface area (Å²) >= 11 is 0. The zero-order valence-electron chi connectivity index (χ0n) is 28.4. The van der Waals surface area contributed by atoms with Crippen molar-refractivity contribution >= 4 is 12.8 Å². The summed E-state index contributed by atoms with van der Waals surface area (Å²) in [5.74, 6) is 0.937. The highest BCUT2D eigenvalue weighted by Gasteiger charge is 2.64. The van der Waals surface area contributed by atoms with Crippen LogP contribution < -0.4 is 0 Å². The minimum atomic E-state index is -1.52. The van der Waals surface area contributed by atoms with Crippen molar-refractivity contribution in [2.24, 2.45) is 4.99 Å². The fraction of sp³-hybridized carbons (Fsp3) is 0.683. The van der Waals surface area contributed by atoms with Gasteiger partial charge in [-0.25, -0.2) is 4.99 Å². The van der Waals surface area contributed by atoms with Crippen molar-refractivity contribution in [3.8, 4) is 0 Å². The Balaban J connectivity index is 1.50. The van der Waals surface area contributed by atoms with Gasteiger partial charge in [0, 0.05) is 24.5 Å². The van der Waals surface area contributed by atoms with E-state index < -0.39 is 7.26 Å². The van der Waals surface area contributed by atoms with Gasteiger partial charge in [0.2, 0.25) is 5.58 Å². The van der Waals surface area contributed by atoms with E-state index in [0.717, 1.165) is 23.5 Å². The molecule has 0 amide bonds. The highest BCUT2D eigenvalue weighted by molar-refractivity contribution is 7.92. The van der Waals surface area contributed by atoms with Gasteiger partial charge in [-0.2, -0.15) is 0 Å². The van der Waals surface area contributed by atoms with Crippen LogP contribution in [-0.4, -0.2) is 46.1 Å². The molecule has 240 valence electrons. The van der Waals surface area contributed by atoms with Gasteiger partial charge in [-0.05, 0) is 114 Å². The zero-order chi connectivity index (χ0) is 30.4. The SMILES string of the molecule is CC(CC(C)(C(C)c1ccccc1)N1CCCN=C1[P+](C1CCCCC1)(C1CCCCC1)C1CCCCC1)c1ccccc1. The Morgan fingerprint density at radius 1 is 0.659 bits per heavy atom. The Labute approximate surface area is 271 Å². The van der Waals surface area contributed by atoms with Crippen molar-refractivity contribution in [2.75, 3.05) is 13.1 Å². The average molecular weight is 614 g/mol. The Kier molecular flexibility index (Phi) is 10.9. The van der Waals surface area contributed by atoms with Crippen LogP contribution in [0.1, 0.15) is 153 Å². The van der Waals surface area contributed by atoms with Gasteiger partial charge in [0.1, 0.15) is 0 Å². The monoisotopic (exact) mass is 613 g/mol. The lowest BCUT2D eigenvalue weighted by Crippen LogP contribution is -2.58. The molecule has 0 aromatic heterocycles. The predicted molar refractivity (Wildman–Crippen MR) is 194 cm³/mol. The van der Waals surface area contributed by atoms with Crippen molar-refractivity contribution in [1.29, 1.82) is 0 Å². The van der Waals surface area contributed by atoms with Crippen molar-refractivity contribution in [3.63, 3.8) is 0 Å². The lowest BCUT2D eigenvalue weighted by molar-refractivity contribution is 0.136. The van der Waals surface area contributed by atoms with E-state index in [1.165, 1.54) is 127 Å². The van der Waals surface area contributed by atoms with Gasteiger partial charge in [0.25, 0.3) is 0 Å². The van der Waals surface area contributed by atoms with E-state index in [0.29, 0.717) is 11.8 Å².